The molecule has 100 valence electrons. The van der Waals surface area contributed by atoms with Crippen LogP contribution in [0.5, 0.6) is 5.75 Å². The van der Waals surface area contributed by atoms with Crippen molar-refractivity contribution in [3.8, 4) is 5.75 Å². The molecule has 0 spiro atoms. The van der Waals surface area contributed by atoms with Crippen molar-refractivity contribution >= 4 is 6.03 Å². The van der Waals surface area contributed by atoms with Crippen LogP contribution >= 0.6 is 0 Å². The third-order valence-corrected chi connectivity index (χ3v) is 2.94. The Bertz CT molecular complexity index is 405. The maximum atomic E-state index is 11.4. The zero-order chi connectivity index (χ0) is 13.5. The Morgan fingerprint density at radius 3 is 2.67 bits per heavy atom. The summed E-state index contributed by atoms with van der Waals surface area (Å²) in [5, 5.41) is 5.46. The molecular weight excluding hydrogens is 228 g/mol. The van der Waals surface area contributed by atoms with Crippen LogP contribution in [0.15, 0.2) is 18.2 Å². The smallest absolute Gasteiger partial charge is 0.317 e. The minimum absolute atomic E-state index is 0.171. The number of hydrogen-bond donors (Lipinski definition) is 2. The first-order valence-electron chi connectivity index (χ1n) is 6.27. The molecule has 18 heavy (non-hydrogen) atoms. The summed E-state index contributed by atoms with van der Waals surface area (Å²) >= 11 is 0. The number of hydrogen-bond acceptors (Lipinski definition) is 2. The lowest BCUT2D eigenvalue weighted by Gasteiger charge is -2.13. The Morgan fingerprint density at radius 2 is 2.06 bits per heavy atom. The number of nitrogens with one attached hydrogen (secondary N) is 2. The fourth-order valence-electron chi connectivity index (χ4n) is 1.37. The molecule has 0 saturated heterocycles. The van der Waals surface area contributed by atoms with Crippen LogP contribution in [0, 0.1) is 13.8 Å². The van der Waals surface area contributed by atoms with E-state index in [2.05, 4.69) is 17.6 Å². The van der Waals surface area contributed by atoms with E-state index in [0.29, 0.717) is 0 Å². The summed E-state index contributed by atoms with van der Waals surface area (Å²) in [5.74, 6) is 0.766. The topological polar surface area (TPSA) is 50.4 Å². The van der Waals surface area contributed by atoms with Gasteiger partial charge in [0.15, 0.2) is 6.73 Å². The van der Waals surface area contributed by atoms with Crippen LogP contribution in [0.4, 0.5) is 4.79 Å². The monoisotopic (exact) mass is 250 g/mol. The van der Waals surface area contributed by atoms with Gasteiger partial charge in [-0.1, -0.05) is 13.0 Å². The first-order valence-corrected chi connectivity index (χ1v) is 6.27. The number of urea groups is 1. The van der Waals surface area contributed by atoms with Crippen LogP contribution in [-0.4, -0.2) is 18.8 Å². The van der Waals surface area contributed by atoms with Gasteiger partial charge in [-0.3, -0.25) is 0 Å². The van der Waals surface area contributed by atoms with Gasteiger partial charge >= 0.3 is 6.03 Å². The normalized spacial score (nSPS) is 11.8. The number of ether oxygens (including phenoxy) is 1. The standard InChI is InChI=1S/C14H22N2O2/c1-5-12(4)16-14(17)15-9-18-13-7-6-10(2)11(3)8-13/h6-8,12H,5,9H2,1-4H3,(H2,15,16,17). The third-order valence-electron chi connectivity index (χ3n) is 2.94. The van der Waals surface area contributed by atoms with E-state index in [1.54, 1.807) is 0 Å². The molecule has 0 fully saturated rings. The molecule has 4 nitrogen and oxygen atoms in total. The van der Waals surface area contributed by atoms with Gasteiger partial charge < -0.3 is 15.4 Å². The predicted octanol–water partition coefficient (Wildman–Crippen LogP) is 2.74. The molecule has 0 saturated carbocycles. The molecule has 4 heteroatoms. The first-order chi connectivity index (χ1) is 8.52. The Balaban J connectivity index is 2.33. The quantitative estimate of drug-likeness (QED) is 0.789. The lowest BCUT2D eigenvalue weighted by Crippen LogP contribution is -2.41. The number of benzene rings is 1. The highest BCUT2D eigenvalue weighted by molar-refractivity contribution is 5.73. The second-order valence-electron chi connectivity index (χ2n) is 4.49. The molecule has 1 aromatic carbocycles. The molecule has 0 aliphatic carbocycles. The SMILES string of the molecule is CCC(C)NC(=O)NCOc1ccc(C)c(C)c1. The minimum atomic E-state index is -0.201. The summed E-state index contributed by atoms with van der Waals surface area (Å²) in [6.45, 7) is 8.24. The molecule has 2 N–H and O–H groups in total. The van der Waals surface area contributed by atoms with Crippen LogP contribution in [0.3, 0.4) is 0 Å². The average molecular weight is 250 g/mol. The number of carbonyl (C=O) groups excluding carboxylic acids is 1. The van der Waals surface area contributed by atoms with E-state index in [9.17, 15) is 4.79 Å². The molecule has 0 aromatic heterocycles. The van der Waals surface area contributed by atoms with E-state index in [1.165, 1.54) is 11.1 Å². The van der Waals surface area contributed by atoms with Crippen molar-refractivity contribution in [1.82, 2.24) is 10.6 Å². The van der Waals surface area contributed by atoms with Gasteiger partial charge in [-0.25, -0.2) is 4.79 Å². The summed E-state index contributed by atoms with van der Waals surface area (Å²) in [4.78, 5) is 11.4. The van der Waals surface area contributed by atoms with Crippen molar-refractivity contribution in [3.63, 3.8) is 0 Å². The highest BCUT2D eigenvalue weighted by Crippen LogP contribution is 2.15. The lowest BCUT2D eigenvalue weighted by molar-refractivity contribution is 0.221. The summed E-state index contributed by atoms with van der Waals surface area (Å²) < 4.78 is 5.46. The minimum Gasteiger partial charge on any atom is -0.473 e. The molecule has 1 aromatic rings. The van der Waals surface area contributed by atoms with Gasteiger partial charge in [0, 0.05) is 6.04 Å². The predicted molar refractivity (Wildman–Crippen MR) is 72.8 cm³/mol. The Labute approximate surface area is 109 Å². The Morgan fingerprint density at radius 1 is 1.33 bits per heavy atom. The molecule has 1 rings (SSSR count). The fraction of sp³-hybridized carbons (Fsp3) is 0.500. The maximum absolute atomic E-state index is 11.4. The second-order valence-corrected chi connectivity index (χ2v) is 4.49. The van der Waals surface area contributed by atoms with Crippen LogP contribution in [0.2, 0.25) is 0 Å². The Kier molecular flexibility index (Phi) is 5.49. The van der Waals surface area contributed by atoms with E-state index in [-0.39, 0.29) is 18.8 Å². The van der Waals surface area contributed by atoms with Crippen molar-refractivity contribution in [1.29, 1.82) is 0 Å². The highest BCUT2D eigenvalue weighted by atomic mass is 16.5. The number of rotatable bonds is 5. The van der Waals surface area contributed by atoms with Gasteiger partial charge in [0.05, 0.1) is 0 Å². The third kappa shape index (κ3) is 4.65. The molecule has 1 atom stereocenters. The Hall–Kier alpha value is -1.71. The van der Waals surface area contributed by atoms with E-state index in [1.807, 2.05) is 39.0 Å². The van der Waals surface area contributed by atoms with Crippen molar-refractivity contribution in [2.24, 2.45) is 0 Å². The summed E-state index contributed by atoms with van der Waals surface area (Å²) in [5.41, 5.74) is 2.40. The fourth-order valence-corrected chi connectivity index (χ4v) is 1.37. The van der Waals surface area contributed by atoms with E-state index < -0.39 is 0 Å². The van der Waals surface area contributed by atoms with Gasteiger partial charge in [-0.2, -0.15) is 0 Å². The average Bonchev–Trinajstić information content (AvgIpc) is 2.33. The van der Waals surface area contributed by atoms with Crippen LogP contribution in [0.25, 0.3) is 0 Å². The van der Waals surface area contributed by atoms with Gasteiger partial charge in [-0.15, -0.1) is 0 Å². The van der Waals surface area contributed by atoms with Crippen LogP contribution < -0.4 is 15.4 Å². The van der Waals surface area contributed by atoms with Crippen LogP contribution in [0.1, 0.15) is 31.4 Å². The molecule has 0 bridgehead atoms. The molecule has 0 aliphatic rings. The van der Waals surface area contributed by atoms with Crippen molar-refractivity contribution < 1.29 is 9.53 Å². The van der Waals surface area contributed by atoms with Gasteiger partial charge in [-0.05, 0) is 50.5 Å². The zero-order valence-corrected chi connectivity index (χ0v) is 11.5. The summed E-state index contributed by atoms with van der Waals surface area (Å²) in [6, 6.07) is 5.84. The zero-order valence-electron chi connectivity index (χ0n) is 11.5. The summed E-state index contributed by atoms with van der Waals surface area (Å²) in [7, 11) is 0. The van der Waals surface area contributed by atoms with Crippen molar-refractivity contribution in [3.05, 3.63) is 29.3 Å². The van der Waals surface area contributed by atoms with Crippen LogP contribution in [-0.2, 0) is 0 Å². The van der Waals surface area contributed by atoms with E-state index in [4.69, 9.17) is 4.74 Å². The lowest BCUT2D eigenvalue weighted by atomic mass is 10.1. The van der Waals surface area contributed by atoms with Gasteiger partial charge in [0.25, 0.3) is 0 Å². The number of carbonyl (C=O) groups is 1. The number of amides is 2. The van der Waals surface area contributed by atoms with Gasteiger partial charge in [0.1, 0.15) is 5.75 Å². The maximum Gasteiger partial charge on any atom is 0.317 e. The van der Waals surface area contributed by atoms with E-state index >= 15 is 0 Å². The molecule has 0 aliphatic heterocycles. The van der Waals surface area contributed by atoms with Gasteiger partial charge in [0.2, 0.25) is 0 Å². The summed E-state index contributed by atoms with van der Waals surface area (Å²) in [6.07, 6.45) is 0.908. The van der Waals surface area contributed by atoms with E-state index in [0.717, 1.165) is 12.2 Å². The molecule has 0 heterocycles. The second kappa shape index (κ2) is 6.89. The van der Waals surface area contributed by atoms with Crippen molar-refractivity contribution in [2.45, 2.75) is 40.2 Å². The molecule has 2 amide bonds. The van der Waals surface area contributed by atoms with Crippen molar-refractivity contribution in [2.75, 3.05) is 6.73 Å². The molecular formula is C14H22N2O2. The highest BCUT2D eigenvalue weighted by Gasteiger charge is 2.04. The largest absolute Gasteiger partial charge is 0.473 e. The molecule has 0 radical (unpaired) electrons. The first kappa shape index (κ1) is 14.4. The number of aryl methyl sites for hydroxylation is 2. The molecule has 1 unspecified atom stereocenters.